The Morgan fingerprint density at radius 1 is 1.09 bits per heavy atom. The van der Waals surface area contributed by atoms with Crippen LogP contribution in [0, 0.1) is 32.4 Å². The first-order valence-corrected chi connectivity index (χ1v) is 10.5. The summed E-state index contributed by atoms with van der Waals surface area (Å²) < 4.78 is 34.4. The summed E-state index contributed by atoms with van der Waals surface area (Å²) in [5.41, 5.74) is 4.76. The van der Waals surface area contributed by atoms with E-state index in [-0.39, 0.29) is 18.1 Å². The fraction of sp³-hybridized carbons (Fsp3) is 0.240. The molecule has 0 saturated heterocycles. The van der Waals surface area contributed by atoms with E-state index in [1.807, 2.05) is 13.8 Å². The lowest BCUT2D eigenvalue weighted by Gasteiger charge is -2.13. The van der Waals surface area contributed by atoms with E-state index >= 15 is 0 Å². The molecule has 8 heteroatoms. The number of amides is 1. The van der Waals surface area contributed by atoms with Crippen LogP contribution in [0.3, 0.4) is 0 Å². The molecule has 0 fully saturated rings. The number of fused-ring (bicyclic) bond motifs is 1. The molecule has 0 aliphatic rings. The second-order valence-electron chi connectivity index (χ2n) is 7.91. The SMILES string of the molecule is COc1nc2c(c(C)nn2-c2cccc(F)c2)c(C)c1CCC(=O)Nc1cc(F)ccc1C. The number of ether oxygens (including phenoxy) is 1. The lowest BCUT2D eigenvalue weighted by Crippen LogP contribution is -2.14. The number of methoxy groups -OCH3 is 1. The number of anilines is 1. The summed E-state index contributed by atoms with van der Waals surface area (Å²) in [7, 11) is 1.52. The number of pyridine rings is 1. The zero-order valence-electron chi connectivity index (χ0n) is 18.9. The van der Waals surface area contributed by atoms with Crippen molar-refractivity contribution in [2.75, 3.05) is 12.4 Å². The van der Waals surface area contributed by atoms with Gasteiger partial charge >= 0.3 is 0 Å². The van der Waals surface area contributed by atoms with Crippen LogP contribution in [0.1, 0.15) is 28.8 Å². The van der Waals surface area contributed by atoms with E-state index < -0.39 is 5.82 Å². The summed E-state index contributed by atoms with van der Waals surface area (Å²) in [5.74, 6) is -0.632. The molecule has 4 rings (SSSR count). The van der Waals surface area contributed by atoms with Crippen molar-refractivity contribution >= 4 is 22.6 Å². The van der Waals surface area contributed by atoms with Gasteiger partial charge in [0.1, 0.15) is 11.6 Å². The fourth-order valence-corrected chi connectivity index (χ4v) is 3.96. The summed E-state index contributed by atoms with van der Waals surface area (Å²) in [4.78, 5) is 17.2. The Balaban J connectivity index is 1.65. The molecule has 0 unspecified atom stereocenters. The number of carbonyl (C=O) groups excluding carboxylic acids is 1. The Bertz CT molecular complexity index is 1360. The van der Waals surface area contributed by atoms with Crippen molar-refractivity contribution in [1.82, 2.24) is 14.8 Å². The molecule has 1 amide bonds. The van der Waals surface area contributed by atoms with Crippen molar-refractivity contribution < 1.29 is 18.3 Å². The maximum absolute atomic E-state index is 13.8. The van der Waals surface area contributed by atoms with Crippen LogP contribution in [0.2, 0.25) is 0 Å². The second-order valence-corrected chi connectivity index (χ2v) is 7.91. The zero-order valence-corrected chi connectivity index (χ0v) is 18.9. The Morgan fingerprint density at radius 2 is 1.85 bits per heavy atom. The first kappa shape index (κ1) is 22.4. The number of hydrogen-bond donors (Lipinski definition) is 1. The van der Waals surface area contributed by atoms with Gasteiger partial charge in [0.05, 0.1) is 18.5 Å². The quantitative estimate of drug-likeness (QED) is 0.438. The molecule has 4 aromatic rings. The summed E-state index contributed by atoms with van der Waals surface area (Å²) in [6.45, 7) is 5.60. The van der Waals surface area contributed by atoms with Crippen LogP contribution in [0.25, 0.3) is 16.7 Å². The van der Waals surface area contributed by atoms with Gasteiger partial charge in [0.2, 0.25) is 11.8 Å². The van der Waals surface area contributed by atoms with E-state index in [0.717, 1.165) is 27.8 Å². The van der Waals surface area contributed by atoms with Gasteiger partial charge in [0.15, 0.2) is 5.65 Å². The maximum Gasteiger partial charge on any atom is 0.224 e. The number of aromatic nitrogens is 3. The molecule has 0 spiro atoms. The number of aryl methyl sites for hydroxylation is 3. The maximum atomic E-state index is 13.8. The molecule has 0 atom stereocenters. The third-order valence-electron chi connectivity index (χ3n) is 5.65. The fourth-order valence-electron chi connectivity index (χ4n) is 3.96. The van der Waals surface area contributed by atoms with Crippen molar-refractivity contribution in [1.29, 1.82) is 0 Å². The minimum absolute atomic E-state index is 0.164. The normalized spacial score (nSPS) is 11.1. The van der Waals surface area contributed by atoms with E-state index in [4.69, 9.17) is 4.74 Å². The Labute approximate surface area is 190 Å². The van der Waals surface area contributed by atoms with Gasteiger partial charge in [-0.15, -0.1) is 0 Å². The Hall–Kier alpha value is -3.81. The molecule has 0 aliphatic carbocycles. The summed E-state index contributed by atoms with van der Waals surface area (Å²) >= 11 is 0. The Kier molecular flexibility index (Phi) is 6.09. The van der Waals surface area contributed by atoms with Crippen molar-refractivity contribution in [2.24, 2.45) is 0 Å². The van der Waals surface area contributed by atoms with Crippen LogP contribution in [-0.4, -0.2) is 27.8 Å². The monoisotopic (exact) mass is 450 g/mol. The number of hydrogen-bond acceptors (Lipinski definition) is 4. The minimum Gasteiger partial charge on any atom is -0.481 e. The van der Waals surface area contributed by atoms with E-state index in [2.05, 4.69) is 15.4 Å². The smallest absolute Gasteiger partial charge is 0.224 e. The number of benzene rings is 2. The molecule has 170 valence electrons. The predicted molar refractivity (Wildman–Crippen MR) is 123 cm³/mol. The molecule has 0 aliphatic heterocycles. The molecule has 0 bridgehead atoms. The van der Waals surface area contributed by atoms with Crippen LogP contribution in [0.5, 0.6) is 5.88 Å². The van der Waals surface area contributed by atoms with Gasteiger partial charge in [-0.05, 0) is 68.7 Å². The molecule has 6 nitrogen and oxygen atoms in total. The number of rotatable bonds is 6. The molecule has 2 aromatic heterocycles. The molecule has 1 N–H and O–H groups in total. The van der Waals surface area contributed by atoms with Crippen molar-refractivity contribution in [3.63, 3.8) is 0 Å². The third-order valence-corrected chi connectivity index (χ3v) is 5.65. The zero-order chi connectivity index (χ0) is 23.7. The van der Waals surface area contributed by atoms with E-state index in [0.29, 0.717) is 29.3 Å². The highest BCUT2D eigenvalue weighted by molar-refractivity contribution is 5.92. The van der Waals surface area contributed by atoms with E-state index in [9.17, 15) is 13.6 Å². The summed E-state index contributed by atoms with van der Waals surface area (Å²) in [6.07, 6.45) is 0.542. The lowest BCUT2D eigenvalue weighted by molar-refractivity contribution is -0.116. The average Bonchev–Trinajstić information content (AvgIpc) is 3.12. The van der Waals surface area contributed by atoms with Gasteiger partial charge < -0.3 is 10.1 Å². The molecule has 0 radical (unpaired) electrons. The molecular weight excluding hydrogens is 426 g/mol. The topological polar surface area (TPSA) is 69.0 Å². The van der Waals surface area contributed by atoms with Gasteiger partial charge in [-0.3, -0.25) is 4.79 Å². The van der Waals surface area contributed by atoms with Crippen LogP contribution < -0.4 is 10.1 Å². The van der Waals surface area contributed by atoms with Gasteiger partial charge in [-0.2, -0.15) is 10.1 Å². The van der Waals surface area contributed by atoms with Crippen LogP contribution in [0.15, 0.2) is 42.5 Å². The van der Waals surface area contributed by atoms with Crippen LogP contribution in [-0.2, 0) is 11.2 Å². The van der Waals surface area contributed by atoms with E-state index in [1.54, 1.807) is 29.8 Å². The van der Waals surface area contributed by atoms with Crippen molar-refractivity contribution in [3.8, 4) is 11.6 Å². The van der Waals surface area contributed by atoms with E-state index in [1.165, 1.54) is 31.4 Å². The summed E-state index contributed by atoms with van der Waals surface area (Å²) in [5, 5.41) is 8.16. The second kappa shape index (κ2) is 8.97. The molecule has 2 aromatic carbocycles. The lowest BCUT2D eigenvalue weighted by atomic mass is 10.0. The third kappa shape index (κ3) is 4.41. The minimum atomic E-state index is -0.408. The average molecular weight is 450 g/mol. The highest BCUT2D eigenvalue weighted by Crippen LogP contribution is 2.32. The number of carbonyl (C=O) groups is 1. The van der Waals surface area contributed by atoms with Gasteiger partial charge in [-0.25, -0.2) is 13.5 Å². The first-order valence-electron chi connectivity index (χ1n) is 10.5. The first-order chi connectivity index (χ1) is 15.8. The molecule has 0 saturated carbocycles. The Morgan fingerprint density at radius 3 is 2.58 bits per heavy atom. The van der Waals surface area contributed by atoms with Crippen LogP contribution >= 0.6 is 0 Å². The molecule has 2 heterocycles. The van der Waals surface area contributed by atoms with Gasteiger partial charge in [0, 0.05) is 23.1 Å². The number of halogens is 2. The number of nitrogens with zero attached hydrogens (tertiary/aromatic N) is 3. The van der Waals surface area contributed by atoms with Crippen molar-refractivity contribution in [2.45, 2.75) is 33.6 Å². The van der Waals surface area contributed by atoms with Crippen LogP contribution in [0.4, 0.5) is 14.5 Å². The van der Waals surface area contributed by atoms with Gasteiger partial charge in [-0.1, -0.05) is 12.1 Å². The molecular formula is C25H24F2N4O2. The van der Waals surface area contributed by atoms with Crippen molar-refractivity contribution in [3.05, 3.63) is 76.5 Å². The highest BCUT2D eigenvalue weighted by Gasteiger charge is 2.20. The highest BCUT2D eigenvalue weighted by atomic mass is 19.1. The standard InChI is InChI=1S/C25H24F2N4O2/c1-14-8-9-18(27)13-21(14)28-22(32)11-10-20-15(2)23-16(3)30-31(24(23)29-25(20)33-4)19-7-5-6-17(26)12-19/h5-9,12-13H,10-11H2,1-4H3,(H,28,32). The molecule has 33 heavy (non-hydrogen) atoms. The number of nitrogens with one attached hydrogen (secondary N) is 1. The predicted octanol–water partition coefficient (Wildman–Crippen LogP) is 5.20. The van der Waals surface area contributed by atoms with Gasteiger partial charge in [0.25, 0.3) is 0 Å². The summed E-state index contributed by atoms with van der Waals surface area (Å²) in [6, 6.07) is 10.4. The largest absolute Gasteiger partial charge is 0.481 e.